The molecule has 1 heterocycles. The molecule has 1 aromatic rings. The second kappa shape index (κ2) is 6.98. The first-order valence-electron chi connectivity index (χ1n) is 8.27. The molecule has 2 N–H and O–H groups in total. The van der Waals surface area contributed by atoms with Gasteiger partial charge in [0.2, 0.25) is 0 Å². The Bertz CT molecular complexity index is 691. The van der Waals surface area contributed by atoms with Crippen LogP contribution in [0.4, 0.5) is 19.3 Å². The quantitative estimate of drug-likeness (QED) is 0.646. The summed E-state index contributed by atoms with van der Waals surface area (Å²) < 4.78 is 34.3. The summed E-state index contributed by atoms with van der Waals surface area (Å²) in [5, 5.41) is 0. The van der Waals surface area contributed by atoms with Crippen LogP contribution in [0.1, 0.15) is 62.4 Å². The summed E-state index contributed by atoms with van der Waals surface area (Å²) in [6.07, 6.45) is 0.330. The molecule has 1 amide bonds. The normalized spacial score (nSPS) is 16.0. The van der Waals surface area contributed by atoms with Gasteiger partial charge >= 0.3 is 6.09 Å². The lowest BCUT2D eigenvalue weighted by Gasteiger charge is -2.34. The SMILES string of the molecule is CC(=O)c1c(N)cc(F)c(C2CCN(C(=O)OC(C)(C)C)CC2)c1F. The molecule has 0 atom stereocenters. The van der Waals surface area contributed by atoms with Crippen LogP contribution in [0.2, 0.25) is 0 Å². The van der Waals surface area contributed by atoms with Crippen LogP contribution in [0.5, 0.6) is 0 Å². The molecule has 1 saturated heterocycles. The summed E-state index contributed by atoms with van der Waals surface area (Å²) in [6, 6.07) is 0.995. The van der Waals surface area contributed by atoms with Gasteiger partial charge in [0, 0.05) is 24.3 Å². The number of likely N-dealkylation sites (tertiary alicyclic amines) is 1. The lowest BCUT2D eigenvalue weighted by atomic mass is 9.87. The van der Waals surface area contributed by atoms with Gasteiger partial charge in [-0.1, -0.05) is 0 Å². The molecular weight excluding hydrogens is 330 g/mol. The van der Waals surface area contributed by atoms with Gasteiger partial charge in [-0.2, -0.15) is 0 Å². The number of amides is 1. The molecule has 25 heavy (non-hydrogen) atoms. The molecule has 0 aromatic heterocycles. The van der Waals surface area contributed by atoms with Crippen LogP contribution >= 0.6 is 0 Å². The van der Waals surface area contributed by atoms with Crippen molar-refractivity contribution < 1.29 is 23.1 Å². The number of piperidine rings is 1. The highest BCUT2D eigenvalue weighted by Crippen LogP contribution is 2.35. The lowest BCUT2D eigenvalue weighted by molar-refractivity contribution is 0.0204. The third-order valence-corrected chi connectivity index (χ3v) is 4.19. The number of halogens is 2. The smallest absolute Gasteiger partial charge is 0.410 e. The number of anilines is 1. The van der Waals surface area contributed by atoms with Crippen molar-refractivity contribution in [3.8, 4) is 0 Å². The van der Waals surface area contributed by atoms with Crippen molar-refractivity contribution in [3.63, 3.8) is 0 Å². The van der Waals surface area contributed by atoms with Crippen molar-refractivity contribution in [2.45, 2.75) is 52.1 Å². The topological polar surface area (TPSA) is 72.6 Å². The van der Waals surface area contributed by atoms with Gasteiger partial charge in [0.15, 0.2) is 5.78 Å². The minimum Gasteiger partial charge on any atom is -0.444 e. The first-order valence-corrected chi connectivity index (χ1v) is 8.27. The van der Waals surface area contributed by atoms with E-state index in [1.807, 2.05) is 0 Å². The maximum absolute atomic E-state index is 14.7. The van der Waals surface area contributed by atoms with Crippen molar-refractivity contribution in [3.05, 3.63) is 28.8 Å². The summed E-state index contributed by atoms with van der Waals surface area (Å²) in [5.41, 5.74) is 4.38. The monoisotopic (exact) mass is 354 g/mol. The summed E-state index contributed by atoms with van der Waals surface area (Å²) in [7, 11) is 0. The molecule has 1 aliphatic rings. The van der Waals surface area contributed by atoms with Gasteiger partial charge in [-0.15, -0.1) is 0 Å². The zero-order valence-corrected chi connectivity index (χ0v) is 15.0. The maximum Gasteiger partial charge on any atom is 0.410 e. The van der Waals surface area contributed by atoms with Crippen molar-refractivity contribution in [2.24, 2.45) is 0 Å². The Morgan fingerprint density at radius 1 is 1.24 bits per heavy atom. The van der Waals surface area contributed by atoms with E-state index in [9.17, 15) is 18.4 Å². The third kappa shape index (κ3) is 4.27. The molecule has 0 spiro atoms. The van der Waals surface area contributed by atoms with Gasteiger partial charge in [-0.3, -0.25) is 4.79 Å². The summed E-state index contributed by atoms with van der Waals surface area (Å²) in [4.78, 5) is 25.2. The number of carbonyl (C=O) groups is 2. The highest BCUT2D eigenvalue weighted by atomic mass is 19.1. The van der Waals surface area contributed by atoms with E-state index in [-0.39, 0.29) is 16.8 Å². The fraction of sp³-hybridized carbons (Fsp3) is 0.556. The number of nitrogens with two attached hydrogens (primary N) is 1. The molecule has 0 unspecified atom stereocenters. The Hall–Kier alpha value is -2.18. The molecule has 0 saturated carbocycles. The van der Waals surface area contributed by atoms with Gasteiger partial charge in [-0.25, -0.2) is 13.6 Å². The summed E-state index contributed by atoms with van der Waals surface area (Å²) >= 11 is 0. The summed E-state index contributed by atoms with van der Waals surface area (Å²) in [5.74, 6) is -2.60. The predicted octanol–water partition coefficient (Wildman–Crippen LogP) is 3.86. The number of hydrogen-bond donors (Lipinski definition) is 1. The predicted molar refractivity (Wildman–Crippen MR) is 90.6 cm³/mol. The van der Waals surface area contributed by atoms with E-state index < -0.39 is 35.0 Å². The average Bonchev–Trinajstić information content (AvgIpc) is 2.45. The number of ether oxygens (including phenoxy) is 1. The summed E-state index contributed by atoms with van der Waals surface area (Å²) in [6.45, 7) is 7.19. The third-order valence-electron chi connectivity index (χ3n) is 4.19. The van der Waals surface area contributed by atoms with Crippen LogP contribution in [0.15, 0.2) is 6.07 Å². The van der Waals surface area contributed by atoms with Crippen LogP contribution in [0.25, 0.3) is 0 Å². The van der Waals surface area contributed by atoms with Gasteiger partial charge in [0.25, 0.3) is 0 Å². The molecule has 0 radical (unpaired) electrons. The number of benzene rings is 1. The van der Waals surface area contributed by atoms with Crippen molar-refractivity contribution in [1.82, 2.24) is 4.90 Å². The number of nitrogens with zero attached hydrogens (tertiary/aromatic N) is 1. The fourth-order valence-corrected chi connectivity index (χ4v) is 3.06. The second-order valence-electron chi connectivity index (χ2n) is 7.35. The molecule has 2 rings (SSSR count). The minimum absolute atomic E-state index is 0.122. The first kappa shape index (κ1) is 19.1. The van der Waals surface area contributed by atoms with Gasteiger partial charge in [0.05, 0.1) is 5.56 Å². The molecule has 138 valence electrons. The van der Waals surface area contributed by atoms with E-state index in [0.717, 1.165) is 6.07 Å². The Labute approximate surface area is 146 Å². The number of carbonyl (C=O) groups excluding carboxylic acids is 2. The second-order valence-corrected chi connectivity index (χ2v) is 7.35. The average molecular weight is 354 g/mol. The van der Waals surface area contributed by atoms with E-state index in [1.165, 1.54) is 11.8 Å². The Morgan fingerprint density at radius 2 is 1.80 bits per heavy atom. The van der Waals surface area contributed by atoms with Gasteiger partial charge < -0.3 is 15.4 Å². The zero-order valence-electron chi connectivity index (χ0n) is 15.0. The van der Waals surface area contributed by atoms with Crippen molar-refractivity contribution >= 4 is 17.6 Å². The van der Waals surface area contributed by atoms with E-state index in [1.54, 1.807) is 20.8 Å². The van der Waals surface area contributed by atoms with E-state index in [4.69, 9.17) is 10.5 Å². The molecule has 5 nitrogen and oxygen atoms in total. The molecule has 0 bridgehead atoms. The number of hydrogen-bond acceptors (Lipinski definition) is 4. The number of ketones is 1. The Kier molecular flexibility index (Phi) is 5.34. The number of rotatable bonds is 2. The fourth-order valence-electron chi connectivity index (χ4n) is 3.06. The maximum atomic E-state index is 14.7. The zero-order chi connectivity index (χ0) is 18.9. The van der Waals surface area contributed by atoms with Crippen LogP contribution in [0, 0.1) is 11.6 Å². The lowest BCUT2D eigenvalue weighted by Crippen LogP contribution is -2.41. The first-order chi connectivity index (χ1) is 11.5. The molecule has 1 aromatic carbocycles. The van der Waals surface area contributed by atoms with Crippen molar-refractivity contribution in [2.75, 3.05) is 18.8 Å². The van der Waals surface area contributed by atoms with E-state index in [2.05, 4.69) is 0 Å². The standard InChI is InChI=1S/C18H24F2N2O3/c1-10(23)14-13(21)9-12(19)15(16(14)20)11-5-7-22(8-6-11)17(24)25-18(2,3)4/h9,11H,5-8,21H2,1-4H3. The van der Waals surface area contributed by atoms with Gasteiger partial charge in [-0.05, 0) is 52.5 Å². The highest BCUT2D eigenvalue weighted by Gasteiger charge is 2.31. The van der Waals surface area contributed by atoms with Crippen LogP contribution in [-0.2, 0) is 4.74 Å². The number of Topliss-reactive ketones (excluding diaryl/α,β-unsaturated/α-hetero) is 1. The highest BCUT2D eigenvalue weighted by molar-refractivity contribution is 5.99. The largest absolute Gasteiger partial charge is 0.444 e. The van der Waals surface area contributed by atoms with Gasteiger partial charge in [0.1, 0.15) is 17.2 Å². The minimum atomic E-state index is -0.888. The van der Waals surface area contributed by atoms with E-state index >= 15 is 0 Å². The van der Waals surface area contributed by atoms with Crippen molar-refractivity contribution in [1.29, 1.82) is 0 Å². The molecule has 1 aliphatic heterocycles. The molecular formula is C18H24F2N2O3. The van der Waals surface area contributed by atoms with Crippen LogP contribution in [-0.4, -0.2) is 35.5 Å². The molecule has 7 heteroatoms. The van der Waals surface area contributed by atoms with Crippen LogP contribution in [0.3, 0.4) is 0 Å². The Morgan fingerprint density at radius 3 is 2.28 bits per heavy atom. The Balaban J connectivity index is 2.17. The number of nitrogen functional groups attached to an aromatic ring is 1. The van der Waals surface area contributed by atoms with Crippen LogP contribution < -0.4 is 5.73 Å². The van der Waals surface area contributed by atoms with E-state index in [0.29, 0.717) is 25.9 Å². The molecule has 0 aliphatic carbocycles. The molecule has 1 fully saturated rings.